The number of likely N-dealkylation sites (tertiary alicyclic amines) is 1. The first-order chi connectivity index (χ1) is 13.5. The van der Waals surface area contributed by atoms with Gasteiger partial charge in [-0.15, -0.1) is 0 Å². The van der Waals surface area contributed by atoms with Gasteiger partial charge >= 0.3 is 0 Å². The molecule has 148 valence electrons. The van der Waals surface area contributed by atoms with Gasteiger partial charge in [0, 0.05) is 52.7 Å². The van der Waals surface area contributed by atoms with Gasteiger partial charge in [-0.3, -0.25) is 9.69 Å². The number of amides is 1. The van der Waals surface area contributed by atoms with E-state index in [4.69, 9.17) is 0 Å². The molecule has 0 unspecified atom stereocenters. The van der Waals surface area contributed by atoms with Crippen molar-refractivity contribution in [1.29, 1.82) is 0 Å². The number of aryl methyl sites for hydroxylation is 1. The van der Waals surface area contributed by atoms with Crippen LogP contribution in [0.15, 0.2) is 42.7 Å². The summed E-state index contributed by atoms with van der Waals surface area (Å²) in [4.78, 5) is 28.8. The zero-order valence-electron chi connectivity index (χ0n) is 17.0. The van der Waals surface area contributed by atoms with Crippen LogP contribution in [0.4, 0.5) is 5.95 Å². The van der Waals surface area contributed by atoms with E-state index in [0.717, 1.165) is 45.0 Å². The van der Waals surface area contributed by atoms with E-state index in [1.807, 2.05) is 20.2 Å². The molecule has 1 aromatic heterocycles. The number of aromatic nitrogens is 2. The number of hydrogen-bond donors (Lipinski definition) is 0. The number of rotatable bonds is 4. The fraction of sp³-hybridized carbons (Fsp3) is 0.500. The second-order valence-corrected chi connectivity index (χ2v) is 8.38. The number of piperidine rings is 1. The summed E-state index contributed by atoms with van der Waals surface area (Å²) in [5, 5.41) is 0. The van der Waals surface area contributed by atoms with E-state index in [-0.39, 0.29) is 11.9 Å². The van der Waals surface area contributed by atoms with Gasteiger partial charge in [0.15, 0.2) is 0 Å². The third-order valence-corrected chi connectivity index (χ3v) is 6.10. The second kappa shape index (κ2) is 7.51. The summed E-state index contributed by atoms with van der Waals surface area (Å²) >= 11 is 0. The summed E-state index contributed by atoms with van der Waals surface area (Å²) in [7, 11) is 3.74. The number of nitrogens with zero attached hydrogens (tertiary/aromatic N) is 5. The van der Waals surface area contributed by atoms with E-state index in [1.54, 1.807) is 17.3 Å². The quantitative estimate of drug-likeness (QED) is 0.816. The normalized spacial score (nSPS) is 24.8. The second-order valence-electron chi connectivity index (χ2n) is 8.38. The molecule has 3 heterocycles. The van der Waals surface area contributed by atoms with E-state index >= 15 is 0 Å². The molecule has 2 aliphatic heterocycles. The minimum absolute atomic E-state index is 0.100. The van der Waals surface area contributed by atoms with Crippen molar-refractivity contribution >= 4 is 11.9 Å². The highest BCUT2D eigenvalue weighted by Crippen LogP contribution is 2.44. The summed E-state index contributed by atoms with van der Waals surface area (Å²) in [5.41, 5.74) is 2.17. The Bertz CT molecular complexity index is 840. The van der Waals surface area contributed by atoms with Gasteiger partial charge in [-0.1, -0.05) is 29.8 Å². The van der Waals surface area contributed by atoms with Gasteiger partial charge in [-0.2, -0.15) is 0 Å². The molecule has 1 amide bonds. The van der Waals surface area contributed by atoms with E-state index in [1.165, 1.54) is 11.1 Å². The molecule has 0 bridgehead atoms. The van der Waals surface area contributed by atoms with Gasteiger partial charge in [-0.05, 0) is 31.4 Å². The van der Waals surface area contributed by atoms with Crippen LogP contribution in [-0.2, 0) is 11.3 Å². The first-order valence-corrected chi connectivity index (χ1v) is 10.0. The zero-order chi connectivity index (χ0) is 19.7. The molecule has 2 saturated heterocycles. The molecule has 0 N–H and O–H groups in total. The Morgan fingerprint density at radius 2 is 2.04 bits per heavy atom. The topological polar surface area (TPSA) is 52.6 Å². The van der Waals surface area contributed by atoms with Crippen LogP contribution in [0.5, 0.6) is 0 Å². The highest BCUT2D eigenvalue weighted by molar-refractivity contribution is 5.85. The summed E-state index contributed by atoms with van der Waals surface area (Å²) < 4.78 is 0. The van der Waals surface area contributed by atoms with Crippen LogP contribution in [0.25, 0.3) is 0 Å². The lowest BCUT2D eigenvalue weighted by molar-refractivity contribution is -0.140. The number of benzene rings is 1. The molecule has 2 aliphatic rings. The third kappa shape index (κ3) is 3.37. The average Bonchev–Trinajstić information content (AvgIpc) is 3.07. The maximum atomic E-state index is 13.4. The number of fused-ring (bicyclic) bond motifs is 1. The molecule has 0 saturated carbocycles. The molecule has 0 spiro atoms. The van der Waals surface area contributed by atoms with Crippen molar-refractivity contribution in [3.63, 3.8) is 0 Å². The van der Waals surface area contributed by atoms with Gasteiger partial charge in [0.1, 0.15) is 0 Å². The predicted molar refractivity (Wildman–Crippen MR) is 110 cm³/mol. The summed E-state index contributed by atoms with van der Waals surface area (Å²) in [5.74, 6) is 0.963. The zero-order valence-corrected chi connectivity index (χ0v) is 17.0. The number of hydrogen-bond acceptors (Lipinski definition) is 5. The van der Waals surface area contributed by atoms with Crippen molar-refractivity contribution in [3.05, 3.63) is 53.9 Å². The molecular weight excluding hydrogens is 350 g/mol. The van der Waals surface area contributed by atoms with Crippen molar-refractivity contribution < 1.29 is 4.79 Å². The highest BCUT2D eigenvalue weighted by Gasteiger charge is 2.56. The van der Waals surface area contributed by atoms with Crippen molar-refractivity contribution in [3.8, 4) is 0 Å². The summed E-state index contributed by atoms with van der Waals surface area (Å²) in [6.45, 7) is 5.52. The van der Waals surface area contributed by atoms with Crippen LogP contribution in [0.2, 0.25) is 0 Å². The maximum Gasteiger partial charge on any atom is 0.231 e. The van der Waals surface area contributed by atoms with Crippen LogP contribution >= 0.6 is 0 Å². The fourth-order valence-corrected chi connectivity index (χ4v) is 4.98. The lowest BCUT2D eigenvalue weighted by Crippen LogP contribution is -2.58. The number of anilines is 1. The van der Waals surface area contributed by atoms with Crippen LogP contribution in [-0.4, -0.2) is 65.4 Å². The monoisotopic (exact) mass is 379 g/mol. The molecule has 4 rings (SSSR count). The lowest BCUT2D eigenvalue weighted by atomic mass is 9.74. The van der Waals surface area contributed by atoms with Gasteiger partial charge < -0.3 is 9.80 Å². The minimum Gasteiger partial charge on any atom is -0.348 e. The standard InChI is InChI=1S/C22H29N5O/c1-17-7-4-8-18(13-17)14-26-15-19-22(16-26,20(28)25(2)3)9-5-12-27(19)21-23-10-6-11-24-21/h4,6-8,10-11,13,19H,5,9,12,14-16H2,1-3H3/t19-,22-/m0/s1. The van der Waals surface area contributed by atoms with E-state index in [0.29, 0.717) is 0 Å². The SMILES string of the molecule is Cc1cccc(CN2C[C@@H]3N(c4ncccn4)CCC[C@]3(C(=O)N(C)C)C2)c1. The van der Waals surface area contributed by atoms with Gasteiger partial charge in [0.25, 0.3) is 0 Å². The highest BCUT2D eigenvalue weighted by atomic mass is 16.2. The smallest absolute Gasteiger partial charge is 0.231 e. The van der Waals surface area contributed by atoms with Crippen LogP contribution in [0.1, 0.15) is 24.0 Å². The molecule has 0 aliphatic carbocycles. The molecular formula is C22H29N5O. The Morgan fingerprint density at radius 3 is 2.75 bits per heavy atom. The molecule has 1 aromatic carbocycles. The van der Waals surface area contributed by atoms with E-state index in [9.17, 15) is 4.79 Å². The Kier molecular flexibility index (Phi) is 5.06. The van der Waals surface area contributed by atoms with Crippen LogP contribution in [0.3, 0.4) is 0 Å². The molecule has 6 nitrogen and oxygen atoms in total. The largest absolute Gasteiger partial charge is 0.348 e. The lowest BCUT2D eigenvalue weighted by Gasteiger charge is -2.45. The summed E-state index contributed by atoms with van der Waals surface area (Å²) in [6.07, 6.45) is 5.46. The molecule has 28 heavy (non-hydrogen) atoms. The Morgan fingerprint density at radius 1 is 1.25 bits per heavy atom. The minimum atomic E-state index is -0.398. The number of carbonyl (C=O) groups excluding carboxylic acids is 1. The van der Waals surface area contributed by atoms with E-state index < -0.39 is 5.41 Å². The molecule has 0 radical (unpaired) electrons. The maximum absolute atomic E-state index is 13.4. The van der Waals surface area contributed by atoms with Crippen molar-refractivity contribution in [1.82, 2.24) is 19.8 Å². The Hall–Kier alpha value is -2.47. The third-order valence-electron chi connectivity index (χ3n) is 6.10. The first-order valence-electron chi connectivity index (χ1n) is 10.0. The fourth-order valence-electron chi connectivity index (χ4n) is 4.98. The van der Waals surface area contributed by atoms with Gasteiger partial charge in [0.2, 0.25) is 11.9 Å². The van der Waals surface area contributed by atoms with Crippen LogP contribution in [0, 0.1) is 12.3 Å². The Balaban J connectivity index is 1.66. The average molecular weight is 380 g/mol. The molecule has 2 aromatic rings. The van der Waals surface area contributed by atoms with Crippen molar-refractivity contribution in [2.75, 3.05) is 38.6 Å². The van der Waals surface area contributed by atoms with Crippen LogP contribution < -0.4 is 4.90 Å². The summed E-state index contributed by atoms with van der Waals surface area (Å²) in [6, 6.07) is 10.6. The molecule has 2 atom stereocenters. The van der Waals surface area contributed by atoms with Gasteiger partial charge in [0.05, 0.1) is 11.5 Å². The number of carbonyl (C=O) groups is 1. The van der Waals surface area contributed by atoms with E-state index in [2.05, 4.69) is 51.0 Å². The van der Waals surface area contributed by atoms with Gasteiger partial charge in [-0.25, -0.2) is 9.97 Å². The van der Waals surface area contributed by atoms with Crippen molar-refractivity contribution in [2.45, 2.75) is 32.4 Å². The Labute approximate surface area is 167 Å². The van der Waals surface area contributed by atoms with Crippen molar-refractivity contribution in [2.24, 2.45) is 5.41 Å². The first kappa shape index (κ1) is 18.9. The predicted octanol–water partition coefficient (Wildman–Crippen LogP) is 2.34. The molecule has 6 heteroatoms. The molecule has 2 fully saturated rings.